The van der Waals surface area contributed by atoms with Crippen molar-refractivity contribution in [1.82, 2.24) is 0 Å². The van der Waals surface area contributed by atoms with Gasteiger partial charge in [0.15, 0.2) is 0 Å². The molecular weight excluding hydrogens is 317 g/mol. The van der Waals surface area contributed by atoms with Crippen molar-refractivity contribution in [3.63, 3.8) is 0 Å². The molecule has 3 rings (SSSR count). The van der Waals surface area contributed by atoms with Crippen molar-refractivity contribution in [3.05, 3.63) is 84.4 Å². The average Bonchev–Trinajstić information content (AvgIpc) is 3.14. The predicted octanol–water partition coefficient (Wildman–Crippen LogP) is 5.49. The summed E-state index contributed by atoms with van der Waals surface area (Å²) in [6.45, 7) is 0. The molecule has 0 aliphatic carbocycles. The second-order valence-corrected chi connectivity index (χ2v) is 4.21. The quantitative estimate of drug-likeness (QED) is 0.409. The van der Waals surface area contributed by atoms with Crippen LogP contribution in [-0.2, 0) is 23.2 Å². The van der Waals surface area contributed by atoms with E-state index >= 15 is 0 Å². The third kappa shape index (κ3) is 5.25. The molecule has 0 saturated heterocycles. The van der Waals surface area contributed by atoms with Crippen LogP contribution in [0.3, 0.4) is 0 Å². The second kappa shape index (κ2) is 7.87. The third-order valence-electron chi connectivity index (χ3n) is 2.76. The molecule has 3 aromatic rings. The summed E-state index contributed by atoms with van der Waals surface area (Å²) in [5, 5.41) is 0. The Labute approximate surface area is 132 Å². The number of halogens is 3. The van der Waals surface area contributed by atoms with Crippen LogP contribution >= 0.6 is 0 Å². The zero-order valence-corrected chi connectivity index (χ0v) is 12.1. The van der Waals surface area contributed by atoms with Gasteiger partial charge in [0.2, 0.25) is 0 Å². The van der Waals surface area contributed by atoms with Crippen molar-refractivity contribution in [3.8, 4) is 11.1 Å². The molecule has 0 heterocycles. The smallest absolute Gasteiger partial charge is 0.214 e. The molecule has 0 amide bonds. The van der Waals surface area contributed by atoms with E-state index in [1.54, 1.807) is 0 Å². The Kier molecular flexibility index (Phi) is 6.47. The van der Waals surface area contributed by atoms with Crippen molar-refractivity contribution >= 4 is 0 Å². The zero-order valence-electron chi connectivity index (χ0n) is 11.0. The van der Waals surface area contributed by atoms with Crippen LogP contribution in [0.5, 0.6) is 0 Å². The van der Waals surface area contributed by atoms with E-state index in [-0.39, 0.29) is 17.1 Å². The Morgan fingerprint density at radius 3 is 1.76 bits per heavy atom. The maximum atomic E-state index is 12.3. The molecule has 0 N–H and O–H groups in total. The standard InChI is InChI=1S/C12H8F3.C5H5.Fe/c13-12(14,15)11-7-5-10(6-8-11)9-3-1-2-4-9;1-2-4-5-3-1;/h1-8H;1-5H;/q2*-1;+2. The summed E-state index contributed by atoms with van der Waals surface area (Å²) < 4.78 is 36.8. The molecule has 4 heteroatoms. The number of rotatable bonds is 1. The zero-order chi connectivity index (χ0) is 14.4. The summed E-state index contributed by atoms with van der Waals surface area (Å²) >= 11 is 0. The van der Waals surface area contributed by atoms with E-state index in [2.05, 4.69) is 0 Å². The first-order chi connectivity index (χ1) is 9.57. The molecular formula is C17H13F3Fe. The van der Waals surface area contributed by atoms with Gasteiger partial charge in [-0.1, -0.05) is 24.3 Å². The topological polar surface area (TPSA) is 0 Å². The van der Waals surface area contributed by atoms with E-state index in [4.69, 9.17) is 0 Å². The molecule has 21 heavy (non-hydrogen) atoms. The summed E-state index contributed by atoms with van der Waals surface area (Å²) in [6, 6.07) is 22.6. The first kappa shape index (κ1) is 17.3. The summed E-state index contributed by atoms with van der Waals surface area (Å²) in [7, 11) is 0. The first-order valence-electron chi connectivity index (χ1n) is 6.13. The molecule has 0 radical (unpaired) electrons. The summed E-state index contributed by atoms with van der Waals surface area (Å²) in [6.07, 6.45) is -4.26. The monoisotopic (exact) mass is 330 g/mol. The Hall–Kier alpha value is -1.77. The number of alkyl halides is 3. The molecule has 0 spiro atoms. The van der Waals surface area contributed by atoms with Gasteiger partial charge in [-0.2, -0.15) is 55.1 Å². The minimum Gasteiger partial charge on any atom is -0.214 e. The second-order valence-electron chi connectivity index (χ2n) is 4.21. The molecule has 0 aliphatic heterocycles. The van der Waals surface area contributed by atoms with E-state index in [1.807, 2.05) is 54.6 Å². The molecule has 0 unspecified atom stereocenters. The van der Waals surface area contributed by atoms with Gasteiger partial charge in [0.25, 0.3) is 0 Å². The van der Waals surface area contributed by atoms with Crippen LogP contribution in [0.1, 0.15) is 5.56 Å². The van der Waals surface area contributed by atoms with Crippen molar-refractivity contribution in [2.45, 2.75) is 6.18 Å². The van der Waals surface area contributed by atoms with Crippen LogP contribution in [0.2, 0.25) is 0 Å². The van der Waals surface area contributed by atoms with Gasteiger partial charge < -0.3 is 0 Å². The fourth-order valence-corrected chi connectivity index (χ4v) is 1.74. The average molecular weight is 330 g/mol. The minimum absolute atomic E-state index is 0. The SMILES string of the molecule is FC(F)(F)c1ccc(-c2ccc[cH-]2)cc1.[Fe+2].c1cc[cH-]c1. The molecule has 0 saturated carbocycles. The fourth-order valence-electron chi connectivity index (χ4n) is 1.74. The Bertz CT molecular complexity index is 573. The maximum absolute atomic E-state index is 12.3. The van der Waals surface area contributed by atoms with E-state index < -0.39 is 11.7 Å². The van der Waals surface area contributed by atoms with Gasteiger partial charge in [-0.25, -0.2) is 12.1 Å². The van der Waals surface area contributed by atoms with Gasteiger partial charge in [0.05, 0.1) is 5.56 Å². The summed E-state index contributed by atoms with van der Waals surface area (Å²) in [4.78, 5) is 0. The Morgan fingerprint density at radius 2 is 1.38 bits per heavy atom. The third-order valence-corrected chi connectivity index (χ3v) is 2.76. The molecule has 0 atom stereocenters. The van der Waals surface area contributed by atoms with Crippen LogP contribution in [0.4, 0.5) is 13.2 Å². The van der Waals surface area contributed by atoms with E-state index in [0.717, 1.165) is 23.3 Å². The molecule has 0 nitrogen and oxygen atoms in total. The van der Waals surface area contributed by atoms with E-state index in [1.165, 1.54) is 12.1 Å². The van der Waals surface area contributed by atoms with Gasteiger partial charge in [-0.3, -0.25) is 0 Å². The van der Waals surface area contributed by atoms with Gasteiger partial charge >= 0.3 is 23.2 Å². The molecule has 3 aromatic carbocycles. The first-order valence-corrected chi connectivity index (χ1v) is 6.13. The molecule has 0 aliphatic rings. The number of hydrogen-bond donors (Lipinski definition) is 0. The van der Waals surface area contributed by atoms with Gasteiger partial charge in [-0.15, -0.1) is 11.6 Å². The maximum Gasteiger partial charge on any atom is 2.00 e. The fraction of sp³-hybridized carbons (Fsp3) is 0.0588. The van der Waals surface area contributed by atoms with Crippen LogP contribution in [0.15, 0.2) is 78.9 Å². The van der Waals surface area contributed by atoms with Crippen LogP contribution < -0.4 is 0 Å². The van der Waals surface area contributed by atoms with Crippen LogP contribution in [-0.4, -0.2) is 0 Å². The predicted molar refractivity (Wildman–Crippen MR) is 74.5 cm³/mol. The van der Waals surface area contributed by atoms with E-state index in [0.29, 0.717) is 0 Å². The van der Waals surface area contributed by atoms with Crippen molar-refractivity contribution in [1.29, 1.82) is 0 Å². The summed E-state index contributed by atoms with van der Waals surface area (Å²) in [5.74, 6) is 0. The Balaban J connectivity index is 0.000000313. The largest absolute Gasteiger partial charge is 2.00 e. The van der Waals surface area contributed by atoms with Crippen molar-refractivity contribution < 1.29 is 30.2 Å². The number of benzene rings is 1. The van der Waals surface area contributed by atoms with Crippen LogP contribution in [0.25, 0.3) is 11.1 Å². The van der Waals surface area contributed by atoms with E-state index in [9.17, 15) is 13.2 Å². The Morgan fingerprint density at radius 1 is 0.762 bits per heavy atom. The van der Waals surface area contributed by atoms with Gasteiger partial charge in [0, 0.05) is 0 Å². The molecule has 0 aromatic heterocycles. The minimum atomic E-state index is -4.26. The number of hydrogen-bond acceptors (Lipinski definition) is 0. The van der Waals surface area contributed by atoms with Crippen molar-refractivity contribution in [2.24, 2.45) is 0 Å². The molecule has 110 valence electrons. The molecule has 0 fully saturated rings. The molecule has 0 bridgehead atoms. The van der Waals surface area contributed by atoms with Gasteiger partial charge in [0.1, 0.15) is 0 Å². The van der Waals surface area contributed by atoms with Gasteiger partial charge in [-0.05, 0) is 0 Å². The summed E-state index contributed by atoms with van der Waals surface area (Å²) in [5.41, 5.74) is 1.12. The normalized spacial score (nSPS) is 10.2. The van der Waals surface area contributed by atoms with Crippen molar-refractivity contribution in [2.75, 3.05) is 0 Å². The van der Waals surface area contributed by atoms with Crippen LogP contribution in [0, 0.1) is 0 Å².